The van der Waals surface area contributed by atoms with Crippen LogP contribution in [0.1, 0.15) is 0 Å². The van der Waals surface area contributed by atoms with E-state index in [4.69, 9.17) is 4.42 Å². The van der Waals surface area contributed by atoms with E-state index in [1.807, 2.05) is 28.7 Å². The normalized spacial score (nSPS) is 11.8. The Balaban J connectivity index is 0.957. The van der Waals surface area contributed by atoms with Crippen molar-refractivity contribution in [2.24, 2.45) is 0 Å². The first-order valence-electron chi connectivity index (χ1n) is 19.6. The maximum absolute atomic E-state index is 6.50. The van der Waals surface area contributed by atoms with Crippen molar-refractivity contribution >= 4 is 102 Å². The van der Waals surface area contributed by atoms with Gasteiger partial charge in [0.05, 0.1) is 0 Å². The fourth-order valence-corrected chi connectivity index (χ4v) is 11.0. The van der Waals surface area contributed by atoms with Crippen molar-refractivity contribution < 1.29 is 4.42 Å². The minimum Gasteiger partial charge on any atom is -0.455 e. The van der Waals surface area contributed by atoms with Gasteiger partial charge in [-0.15, -0.1) is 22.7 Å². The van der Waals surface area contributed by atoms with Crippen molar-refractivity contribution in [3.05, 3.63) is 200 Å². The summed E-state index contributed by atoms with van der Waals surface area (Å²) in [5, 5.41) is 7.48. The van der Waals surface area contributed by atoms with Gasteiger partial charge in [0.2, 0.25) is 0 Å². The van der Waals surface area contributed by atoms with Crippen LogP contribution in [0.15, 0.2) is 205 Å². The van der Waals surface area contributed by atoms with Crippen LogP contribution >= 0.6 is 22.7 Å². The molecule has 0 aliphatic carbocycles. The highest BCUT2D eigenvalue weighted by Crippen LogP contribution is 2.44. The van der Waals surface area contributed by atoms with Crippen molar-refractivity contribution in [1.82, 2.24) is 0 Å². The van der Waals surface area contributed by atoms with E-state index in [1.165, 1.54) is 51.5 Å². The molecular formula is C54H33NOS2. The summed E-state index contributed by atoms with van der Waals surface area (Å²) in [6.45, 7) is 0. The Morgan fingerprint density at radius 2 is 0.897 bits per heavy atom. The number of nitrogens with zero attached hydrogens (tertiary/aromatic N) is 1. The zero-order valence-corrected chi connectivity index (χ0v) is 32.9. The molecule has 0 unspecified atom stereocenters. The van der Waals surface area contributed by atoms with Gasteiger partial charge in [0.15, 0.2) is 0 Å². The van der Waals surface area contributed by atoms with Gasteiger partial charge in [-0.3, -0.25) is 0 Å². The zero-order chi connectivity index (χ0) is 38.2. The lowest BCUT2D eigenvalue weighted by Gasteiger charge is -2.26. The van der Waals surface area contributed by atoms with Crippen LogP contribution in [0.2, 0.25) is 0 Å². The van der Waals surface area contributed by atoms with Gasteiger partial charge < -0.3 is 9.32 Å². The Morgan fingerprint density at radius 3 is 1.71 bits per heavy atom. The summed E-state index contributed by atoms with van der Waals surface area (Å²) in [4.78, 5) is 2.39. The predicted octanol–water partition coefficient (Wildman–Crippen LogP) is 16.8. The molecule has 0 saturated heterocycles. The maximum atomic E-state index is 6.50. The fourth-order valence-electron chi connectivity index (χ4n) is 8.73. The van der Waals surface area contributed by atoms with Gasteiger partial charge in [0.1, 0.15) is 11.2 Å². The Bertz CT molecular complexity index is 3500. The quantitative estimate of drug-likeness (QED) is 0.167. The summed E-state index contributed by atoms with van der Waals surface area (Å²) in [6, 6.07) is 72.6. The molecule has 3 heterocycles. The number of anilines is 3. The first-order chi connectivity index (χ1) is 28.7. The summed E-state index contributed by atoms with van der Waals surface area (Å²) in [7, 11) is 0. The first kappa shape index (κ1) is 33.2. The predicted molar refractivity (Wildman–Crippen MR) is 250 cm³/mol. The average Bonchev–Trinajstić information content (AvgIpc) is 3.98. The lowest BCUT2D eigenvalue weighted by Crippen LogP contribution is -2.09. The molecule has 0 aliphatic heterocycles. The van der Waals surface area contributed by atoms with Gasteiger partial charge in [0.25, 0.3) is 0 Å². The van der Waals surface area contributed by atoms with Crippen molar-refractivity contribution in [1.29, 1.82) is 0 Å². The summed E-state index contributed by atoms with van der Waals surface area (Å²) >= 11 is 3.72. The molecule has 0 atom stereocenters. The second-order valence-corrected chi connectivity index (χ2v) is 17.0. The molecule has 4 heteroatoms. The van der Waals surface area contributed by atoms with Crippen molar-refractivity contribution in [2.75, 3.05) is 4.90 Å². The van der Waals surface area contributed by atoms with Crippen LogP contribution in [-0.4, -0.2) is 0 Å². The Kier molecular flexibility index (Phi) is 7.62. The Morgan fingerprint density at radius 1 is 0.328 bits per heavy atom. The smallest absolute Gasteiger partial charge is 0.143 e. The standard InChI is InChI=1S/C54H33NOS2/c1-2-10-35(11-3-1)42-15-8-16-44-46-32-37(24-30-48(46)56-54(42)44)34-20-25-38(26-21-34)55(40-29-31-51-47(33-40)43-12-4-6-17-49(43)57-51)39-27-22-36(23-28-39)41-14-9-19-52-53(41)45-13-5-7-18-50(45)58-52/h1-33H. The van der Waals surface area contributed by atoms with Crippen molar-refractivity contribution in [2.45, 2.75) is 0 Å². The number of rotatable bonds is 6. The maximum Gasteiger partial charge on any atom is 0.143 e. The van der Waals surface area contributed by atoms with Crippen molar-refractivity contribution in [3.8, 4) is 33.4 Å². The van der Waals surface area contributed by atoms with Gasteiger partial charge in [-0.05, 0) is 101 Å². The highest BCUT2D eigenvalue weighted by Gasteiger charge is 2.18. The number of fused-ring (bicyclic) bond motifs is 9. The minimum absolute atomic E-state index is 0.896. The van der Waals surface area contributed by atoms with E-state index in [9.17, 15) is 0 Å². The zero-order valence-electron chi connectivity index (χ0n) is 31.2. The largest absolute Gasteiger partial charge is 0.455 e. The molecule has 3 aromatic heterocycles. The third-order valence-corrected chi connectivity index (χ3v) is 13.8. The number of benzene rings is 9. The fraction of sp³-hybridized carbons (Fsp3) is 0. The molecule has 0 spiro atoms. The van der Waals surface area contributed by atoms with Crippen LogP contribution in [0.5, 0.6) is 0 Å². The van der Waals surface area contributed by atoms with Gasteiger partial charge in [-0.1, -0.05) is 127 Å². The third kappa shape index (κ3) is 5.37. The van der Waals surface area contributed by atoms with Gasteiger partial charge in [-0.2, -0.15) is 0 Å². The molecular weight excluding hydrogens is 743 g/mol. The molecule has 2 nitrogen and oxygen atoms in total. The first-order valence-corrected chi connectivity index (χ1v) is 21.2. The monoisotopic (exact) mass is 775 g/mol. The summed E-state index contributed by atoms with van der Waals surface area (Å²) in [5.74, 6) is 0. The molecule has 0 radical (unpaired) electrons. The second kappa shape index (κ2) is 13.3. The van der Waals surface area contributed by atoms with E-state index in [0.29, 0.717) is 0 Å². The topological polar surface area (TPSA) is 16.4 Å². The number of thiophene rings is 2. The van der Waals surface area contributed by atoms with Crippen LogP contribution in [0, 0.1) is 0 Å². The van der Waals surface area contributed by atoms with E-state index < -0.39 is 0 Å². The summed E-state index contributed by atoms with van der Waals surface area (Å²) in [5.41, 5.74) is 12.2. The summed E-state index contributed by atoms with van der Waals surface area (Å²) in [6.07, 6.45) is 0. The molecule has 0 amide bonds. The molecule has 0 aliphatic rings. The number of para-hydroxylation sites is 1. The summed E-state index contributed by atoms with van der Waals surface area (Å²) < 4.78 is 11.7. The number of hydrogen-bond acceptors (Lipinski definition) is 4. The third-order valence-electron chi connectivity index (χ3n) is 11.5. The molecule has 58 heavy (non-hydrogen) atoms. The van der Waals surface area contributed by atoms with Crippen LogP contribution in [0.3, 0.4) is 0 Å². The highest BCUT2D eigenvalue weighted by atomic mass is 32.1. The van der Waals surface area contributed by atoms with E-state index in [1.54, 1.807) is 0 Å². The minimum atomic E-state index is 0.896. The molecule has 0 N–H and O–H groups in total. The van der Waals surface area contributed by atoms with Crippen molar-refractivity contribution in [3.63, 3.8) is 0 Å². The molecule has 12 aromatic rings. The van der Waals surface area contributed by atoms with Crippen LogP contribution in [0.4, 0.5) is 17.1 Å². The molecule has 9 aromatic carbocycles. The van der Waals surface area contributed by atoms with E-state index in [2.05, 4.69) is 199 Å². The molecule has 0 bridgehead atoms. The van der Waals surface area contributed by atoms with E-state index in [-0.39, 0.29) is 0 Å². The second-order valence-electron chi connectivity index (χ2n) is 14.8. The molecule has 0 saturated carbocycles. The molecule has 0 fully saturated rings. The van der Waals surface area contributed by atoms with E-state index in [0.717, 1.165) is 61.3 Å². The average molecular weight is 776 g/mol. The lowest BCUT2D eigenvalue weighted by atomic mass is 9.99. The van der Waals surface area contributed by atoms with Crippen LogP contribution in [0.25, 0.3) is 95.7 Å². The highest BCUT2D eigenvalue weighted by molar-refractivity contribution is 7.26. The number of hydrogen-bond donors (Lipinski definition) is 0. The molecule has 272 valence electrons. The van der Waals surface area contributed by atoms with Gasteiger partial charge >= 0.3 is 0 Å². The lowest BCUT2D eigenvalue weighted by molar-refractivity contribution is 0.670. The number of furan rings is 1. The Labute approximate surface area is 343 Å². The Hall–Kier alpha value is -6.98. The van der Waals surface area contributed by atoms with E-state index >= 15 is 0 Å². The van der Waals surface area contributed by atoms with Crippen LogP contribution in [-0.2, 0) is 0 Å². The molecule has 12 rings (SSSR count). The van der Waals surface area contributed by atoms with Gasteiger partial charge in [-0.25, -0.2) is 0 Å². The van der Waals surface area contributed by atoms with Gasteiger partial charge in [0, 0.05) is 73.7 Å². The SMILES string of the molecule is c1ccc(-c2cccc3c2oc2ccc(-c4ccc(N(c5ccc(-c6cccc7sc8ccccc8c67)cc5)c5ccc6sc7ccccc7c6c5)cc4)cc23)cc1. The van der Waals surface area contributed by atoms with Crippen LogP contribution < -0.4 is 4.90 Å².